The van der Waals surface area contributed by atoms with Crippen molar-refractivity contribution in [3.8, 4) is 5.75 Å². The average molecular weight is 340 g/mol. The highest BCUT2D eigenvalue weighted by Gasteiger charge is 2.06. The van der Waals surface area contributed by atoms with E-state index in [0.717, 1.165) is 5.56 Å². The Bertz CT molecular complexity index is 666. The summed E-state index contributed by atoms with van der Waals surface area (Å²) in [5.41, 5.74) is 1.47. The van der Waals surface area contributed by atoms with Gasteiger partial charge in [-0.1, -0.05) is 23.7 Å². The lowest BCUT2D eigenvalue weighted by atomic mass is 10.2. The van der Waals surface area contributed by atoms with Crippen molar-refractivity contribution in [1.82, 2.24) is 0 Å². The summed E-state index contributed by atoms with van der Waals surface area (Å²) in [6.45, 7) is 0. The van der Waals surface area contributed by atoms with Crippen molar-refractivity contribution >= 4 is 35.0 Å². The minimum absolute atomic E-state index is 0.136. The van der Waals surface area contributed by atoms with Crippen LogP contribution in [0.5, 0.6) is 5.75 Å². The monoisotopic (exact) mass is 339 g/mol. The van der Waals surface area contributed by atoms with Gasteiger partial charge in [-0.15, -0.1) is 11.8 Å². The number of halogens is 2. The Hall–Kier alpha value is -1.72. The maximum absolute atomic E-state index is 13.0. The molecule has 6 heteroatoms. The van der Waals surface area contributed by atoms with Crippen LogP contribution < -0.4 is 10.1 Å². The number of thioether (sulfide) groups is 1. The predicted octanol–water partition coefficient (Wildman–Crippen LogP) is 4.36. The van der Waals surface area contributed by atoms with E-state index in [-0.39, 0.29) is 17.5 Å². The van der Waals surface area contributed by atoms with Gasteiger partial charge in [-0.3, -0.25) is 4.79 Å². The lowest BCUT2D eigenvalue weighted by Gasteiger charge is -2.08. The van der Waals surface area contributed by atoms with E-state index in [2.05, 4.69) is 5.32 Å². The van der Waals surface area contributed by atoms with Crippen LogP contribution in [0.4, 0.5) is 10.1 Å². The quantitative estimate of drug-likeness (QED) is 0.849. The van der Waals surface area contributed by atoms with Crippen molar-refractivity contribution < 1.29 is 13.9 Å². The smallest absolute Gasteiger partial charge is 0.234 e. The molecule has 0 aliphatic rings. The van der Waals surface area contributed by atoms with E-state index in [9.17, 15) is 9.18 Å². The highest BCUT2D eigenvalue weighted by Crippen LogP contribution is 2.27. The third kappa shape index (κ3) is 4.93. The second kappa shape index (κ2) is 8.06. The van der Waals surface area contributed by atoms with E-state index in [1.165, 1.54) is 31.0 Å². The highest BCUT2D eigenvalue weighted by molar-refractivity contribution is 7.99. The first-order valence-electron chi connectivity index (χ1n) is 6.54. The number of anilines is 1. The van der Waals surface area contributed by atoms with E-state index >= 15 is 0 Å². The molecule has 1 amide bonds. The van der Waals surface area contributed by atoms with Crippen molar-refractivity contribution in [2.75, 3.05) is 18.2 Å². The molecule has 0 spiro atoms. The molecule has 0 aliphatic heterocycles. The minimum atomic E-state index is -0.268. The zero-order valence-corrected chi connectivity index (χ0v) is 13.5. The molecule has 2 aromatic carbocycles. The number of benzene rings is 2. The van der Waals surface area contributed by atoms with Gasteiger partial charge in [-0.05, 0) is 35.9 Å². The van der Waals surface area contributed by atoms with Crippen molar-refractivity contribution in [2.24, 2.45) is 0 Å². The fraction of sp³-hybridized carbons (Fsp3) is 0.188. The molecule has 1 N–H and O–H groups in total. The van der Waals surface area contributed by atoms with E-state index in [1.54, 1.807) is 24.3 Å². The van der Waals surface area contributed by atoms with Gasteiger partial charge in [0.2, 0.25) is 5.91 Å². The molecule has 0 aliphatic carbocycles. The Morgan fingerprint density at radius 1 is 1.32 bits per heavy atom. The summed E-state index contributed by atoms with van der Waals surface area (Å²) in [4.78, 5) is 11.9. The summed E-state index contributed by atoms with van der Waals surface area (Å²) in [5.74, 6) is 1.01. The Labute approximate surface area is 137 Å². The van der Waals surface area contributed by atoms with Crippen LogP contribution in [0.25, 0.3) is 0 Å². The van der Waals surface area contributed by atoms with Gasteiger partial charge in [0, 0.05) is 11.4 Å². The van der Waals surface area contributed by atoms with Gasteiger partial charge in [0.25, 0.3) is 0 Å². The van der Waals surface area contributed by atoms with Crippen molar-refractivity contribution in [2.45, 2.75) is 5.75 Å². The van der Waals surface area contributed by atoms with Crippen LogP contribution in [0, 0.1) is 5.82 Å². The van der Waals surface area contributed by atoms with Gasteiger partial charge >= 0.3 is 0 Å². The van der Waals surface area contributed by atoms with Crippen LogP contribution in [-0.4, -0.2) is 18.8 Å². The molecule has 2 rings (SSSR count). The molecule has 116 valence electrons. The molecule has 0 aromatic heterocycles. The Kier molecular flexibility index (Phi) is 6.10. The second-order valence-corrected chi connectivity index (χ2v) is 5.91. The lowest BCUT2D eigenvalue weighted by molar-refractivity contribution is -0.113. The number of hydrogen-bond acceptors (Lipinski definition) is 3. The van der Waals surface area contributed by atoms with Crippen molar-refractivity contribution in [1.29, 1.82) is 0 Å². The number of methoxy groups -OCH3 is 1. The zero-order valence-electron chi connectivity index (χ0n) is 11.9. The van der Waals surface area contributed by atoms with E-state index in [1.807, 2.05) is 6.07 Å². The van der Waals surface area contributed by atoms with Crippen LogP contribution in [0.1, 0.15) is 5.56 Å². The zero-order chi connectivity index (χ0) is 15.9. The van der Waals surface area contributed by atoms with Crippen LogP contribution in [-0.2, 0) is 10.5 Å². The number of carbonyl (C=O) groups excluding carboxylic acids is 1. The van der Waals surface area contributed by atoms with Gasteiger partial charge in [0.05, 0.1) is 17.9 Å². The number of ether oxygens (including phenoxy) is 1. The number of rotatable bonds is 6. The molecule has 0 fully saturated rings. The molecule has 22 heavy (non-hydrogen) atoms. The molecule has 0 bridgehead atoms. The van der Waals surface area contributed by atoms with Crippen LogP contribution in [0.3, 0.4) is 0 Å². The standard InChI is InChI=1S/C16H15ClFNO2S/c1-21-15-6-5-13(8-14(15)17)19-16(20)10-22-9-11-3-2-4-12(18)7-11/h2-8H,9-10H2,1H3,(H,19,20). The molecule has 0 atom stereocenters. The maximum atomic E-state index is 13.0. The van der Waals surface area contributed by atoms with Crippen LogP contribution >= 0.6 is 23.4 Å². The van der Waals surface area contributed by atoms with Crippen molar-refractivity contribution in [3.05, 3.63) is 58.9 Å². The van der Waals surface area contributed by atoms with E-state index in [0.29, 0.717) is 22.2 Å². The molecule has 0 saturated heterocycles. The first-order chi connectivity index (χ1) is 10.6. The molecule has 0 radical (unpaired) electrons. The van der Waals surface area contributed by atoms with Gasteiger partial charge in [-0.25, -0.2) is 4.39 Å². The lowest BCUT2D eigenvalue weighted by Crippen LogP contribution is -2.14. The maximum Gasteiger partial charge on any atom is 0.234 e. The van der Waals surface area contributed by atoms with E-state index < -0.39 is 0 Å². The van der Waals surface area contributed by atoms with Gasteiger partial charge in [0.1, 0.15) is 11.6 Å². The summed E-state index contributed by atoms with van der Waals surface area (Å²) in [6, 6.07) is 11.4. The third-order valence-corrected chi connectivity index (χ3v) is 4.13. The van der Waals surface area contributed by atoms with Crippen molar-refractivity contribution in [3.63, 3.8) is 0 Å². The van der Waals surface area contributed by atoms with Gasteiger partial charge in [-0.2, -0.15) is 0 Å². The van der Waals surface area contributed by atoms with Gasteiger partial charge in [0.15, 0.2) is 0 Å². The molecule has 2 aromatic rings. The summed E-state index contributed by atoms with van der Waals surface area (Å²) in [6.07, 6.45) is 0. The third-order valence-electron chi connectivity index (χ3n) is 2.83. The van der Waals surface area contributed by atoms with E-state index in [4.69, 9.17) is 16.3 Å². The van der Waals surface area contributed by atoms with Crippen LogP contribution in [0.2, 0.25) is 5.02 Å². The first kappa shape index (κ1) is 16.6. The summed E-state index contributed by atoms with van der Waals surface area (Å²) >= 11 is 7.41. The minimum Gasteiger partial charge on any atom is -0.495 e. The molecule has 0 heterocycles. The topological polar surface area (TPSA) is 38.3 Å². The summed E-state index contributed by atoms with van der Waals surface area (Å²) < 4.78 is 18.1. The normalized spacial score (nSPS) is 10.3. The number of hydrogen-bond donors (Lipinski definition) is 1. The summed E-state index contributed by atoms with van der Waals surface area (Å²) in [7, 11) is 1.53. The number of carbonyl (C=O) groups is 1. The SMILES string of the molecule is COc1ccc(NC(=O)CSCc2cccc(F)c2)cc1Cl. The Morgan fingerprint density at radius 2 is 2.14 bits per heavy atom. The Balaban J connectivity index is 1.82. The van der Waals surface area contributed by atoms with Crippen LogP contribution in [0.15, 0.2) is 42.5 Å². The highest BCUT2D eigenvalue weighted by atomic mass is 35.5. The fourth-order valence-electron chi connectivity index (χ4n) is 1.83. The predicted molar refractivity (Wildman–Crippen MR) is 89.2 cm³/mol. The molecule has 3 nitrogen and oxygen atoms in total. The number of nitrogens with one attached hydrogen (secondary N) is 1. The second-order valence-electron chi connectivity index (χ2n) is 4.52. The Morgan fingerprint density at radius 3 is 2.82 bits per heavy atom. The fourth-order valence-corrected chi connectivity index (χ4v) is 2.86. The molecular formula is C16H15ClFNO2S. The number of amides is 1. The molecular weight excluding hydrogens is 325 g/mol. The largest absolute Gasteiger partial charge is 0.495 e. The average Bonchev–Trinajstić information content (AvgIpc) is 2.47. The van der Waals surface area contributed by atoms with Gasteiger partial charge < -0.3 is 10.1 Å². The molecule has 0 unspecified atom stereocenters. The first-order valence-corrected chi connectivity index (χ1v) is 8.07. The summed E-state index contributed by atoms with van der Waals surface area (Å²) in [5, 5.41) is 3.20. The molecule has 0 saturated carbocycles.